The lowest BCUT2D eigenvalue weighted by molar-refractivity contribution is 0.0996. The van der Waals surface area contributed by atoms with E-state index in [1.54, 1.807) is 11.4 Å². The van der Waals surface area contributed by atoms with Crippen LogP contribution in [0, 0.1) is 0 Å². The van der Waals surface area contributed by atoms with Gasteiger partial charge >= 0.3 is 0 Å². The maximum Gasteiger partial charge on any atom is 0.241 e. The van der Waals surface area contributed by atoms with E-state index in [2.05, 4.69) is 10.0 Å². The molecule has 20 heavy (non-hydrogen) atoms. The fourth-order valence-corrected chi connectivity index (χ4v) is 5.39. The SMILES string of the molecule is CCNCc1cc(S(=O)(=O)NC2CC3CCC2O3)cs1. The molecule has 2 N–H and O–H groups in total. The number of fused-ring (bicyclic) bond motifs is 2. The lowest BCUT2D eigenvalue weighted by atomic mass is 9.96. The maximum atomic E-state index is 12.4. The molecule has 0 aliphatic carbocycles. The molecule has 2 saturated heterocycles. The summed E-state index contributed by atoms with van der Waals surface area (Å²) in [5, 5.41) is 4.91. The van der Waals surface area contributed by atoms with Gasteiger partial charge in [-0.25, -0.2) is 13.1 Å². The van der Waals surface area contributed by atoms with Crippen LogP contribution < -0.4 is 10.0 Å². The van der Waals surface area contributed by atoms with Gasteiger partial charge in [0.05, 0.1) is 23.1 Å². The van der Waals surface area contributed by atoms with Crippen LogP contribution >= 0.6 is 11.3 Å². The fraction of sp³-hybridized carbons (Fsp3) is 0.692. The van der Waals surface area contributed by atoms with Gasteiger partial charge in [0, 0.05) is 16.8 Å². The molecule has 0 aromatic carbocycles. The molecule has 2 aliphatic heterocycles. The Balaban J connectivity index is 1.67. The highest BCUT2D eigenvalue weighted by Gasteiger charge is 2.42. The predicted octanol–water partition coefficient (Wildman–Crippen LogP) is 1.46. The second-order valence-electron chi connectivity index (χ2n) is 5.37. The van der Waals surface area contributed by atoms with E-state index in [1.165, 1.54) is 11.3 Å². The van der Waals surface area contributed by atoms with Crippen LogP contribution in [-0.2, 0) is 21.3 Å². The van der Waals surface area contributed by atoms with E-state index in [4.69, 9.17) is 4.74 Å². The highest BCUT2D eigenvalue weighted by molar-refractivity contribution is 7.89. The summed E-state index contributed by atoms with van der Waals surface area (Å²) in [4.78, 5) is 1.41. The van der Waals surface area contributed by atoms with E-state index in [0.717, 1.165) is 30.7 Å². The number of sulfonamides is 1. The van der Waals surface area contributed by atoms with E-state index < -0.39 is 10.0 Å². The van der Waals surface area contributed by atoms with Gasteiger partial charge in [0.15, 0.2) is 0 Å². The van der Waals surface area contributed by atoms with E-state index in [1.807, 2.05) is 6.92 Å². The lowest BCUT2D eigenvalue weighted by Gasteiger charge is -2.19. The second-order valence-corrected chi connectivity index (χ2v) is 8.08. The summed E-state index contributed by atoms with van der Waals surface area (Å²) < 4.78 is 33.2. The molecule has 2 bridgehead atoms. The molecule has 112 valence electrons. The summed E-state index contributed by atoms with van der Waals surface area (Å²) in [5.41, 5.74) is 0. The Bertz CT molecular complexity index is 570. The van der Waals surface area contributed by atoms with Crippen LogP contribution in [0.4, 0.5) is 0 Å². The number of nitrogens with one attached hydrogen (secondary N) is 2. The van der Waals surface area contributed by atoms with Gasteiger partial charge in [-0.15, -0.1) is 11.3 Å². The van der Waals surface area contributed by atoms with Crippen molar-refractivity contribution in [2.75, 3.05) is 6.54 Å². The Morgan fingerprint density at radius 2 is 2.30 bits per heavy atom. The van der Waals surface area contributed by atoms with Crippen LogP contribution in [0.5, 0.6) is 0 Å². The van der Waals surface area contributed by atoms with Crippen LogP contribution in [0.1, 0.15) is 31.1 Å². The Hall–Kier alpha value is -0.470. The molecule has 0 spiro atoms. The molecule has 0 radical (unpaired) electrons. The first-order chi connectivity index (χ1) is 9.58. The third-order valence-electron chi connectivity index (χ3n) is 3.90. The van der Waals surface area contributed by atoms with Gasteiger partial charge in [-0.2, -0.15) is 0 Å². The summed E-state index contributed by atoms with van der Waals surface area (Å²) in [6.07, 6.45) is 3.15. The lowest BCUT2D eigenvalue weighted by Crippen LogP contribution is -2.41. The van der Waals surface area contributed by atoms with Crippen molar-refractivity contribution >= 4 is 21.4 Å². The van der Waals surface area contributed by atoms with E-state index >= 15 is 0 Å². The molecule has 5 nitrogen and oxygen atoms in total. The van der Waals surface area contributed by atoms with Gasteiger partial charge in [-0.1, -0.05) is 6.92 Å². The van der Waals surface area contributed by atoms with Crippen molar-refractivity contribution in [2.24, 2.45) is 0 Å². The summed E-state index contributed by atoms with van der Waals surface area (Å²) in [5.74, 6) is 0. The molecular weight excluding hydrogens is 296 g/mol. The van der Waals surface area contributed by atoms with Gasteiger partial charge in [0.25, 0.3) is 0 Å². The van der Waals surface area contributed by atoms with Gasteiger partial charge in [-0.05, 0) is 31.9 Å². The quantitative estimate of drug-likeness (QED) is 0.834. The average molecular weight is 316 g/mol. The Labute approximate surface area is 123 Å². The van der Waals surface area contributed by atoms with Crippen LogP contribution in [0.15, 0.2) is 16.3 Å². The summed E-state index contributed by atoms with van der Waals surface area (Å²) in [7, 11) is -3.42. The maximum absolute atomic E-state index is 12.4. The summed E-state index contributed by atoms with van der Waals surface area (Å²) in [6, 6.07) is 1.69. The topological polar surface area (TPSA) is 67.4 Å². The van der Waals surface area contributed by atoms with E-state index in [0.29, 0.717) is 11.4 Å². The van der Waals surface area contributed by atoms with Crippen molar-refractivity contribution in [3.63, 3.8) is 0 Å². The third-order valence-corrected chi connectivity index (χ3v) is 6.46. The minimum absolute atomic E-state index is 0.0594. The Kier molecular flexibility index (Phi) is 4.14. The van der Waals surface area contributed by atoms with Crippen LogP contribution in [0.2, 0.25) is 0 Å². The number of hydrogen-bond donors (Lipinski definition) is 2. The highest BCUT2D eigenvalue weighted by atomic mass is 32.2. The molecule has 3 unspecified atom stereocenters. The molecule has 1 aromatic rings. The monoisotopic (exact) mass is 316 g/mol. The van der Waals surface area contributed by atoms with Crippen LogP contribution in [0.3, 0.4) is 0 Å². The highest BCUT2D eigenvalue weighted by Crippen LogP contribution is 2.35. The standard InChI is InChI=1S/C13H20N2O3S2/c1-2-14-7-10-6-11(8-19-10)20(16,17)15-12-5-9-3-4-13(12)18-9/h6,8-9,12-15H,2-5,7H2,1H3. The smallest absolute Gasteiger partial charge is 0.241 e. The summed E-state index contributed by atoms with van der Waals surface area (Å²) in [6.45, 7) is 3.62. The van der Waals surface area contributed by atoms with Crippen molar-refractivity contribution in [1.82, 2.24) is 10.0 Å². The van der Waals surface area contributed by atoms with Crippen LogP contribution in [0.25, 0.3) is 0 Å². The molecule has 3 atom stereocenters. The zero-order valence-electron chi connectivity index (χ0n) is 11.5. The van der Waals surface area contributed by atoms with E-state index in [9.17, 15) is 8.42 Å². The second kappa shape index (κ2) is 5.73. The molecule has 3 heterocycles. The number of ether oxygens (including phenoxy) is 1. The van der Waals surface area contributed by atoms with Crippen molar-refractivity contribution in [3.8, 4) is 0 Å². The minimum atomic E-state index is -3.42. The molecule has 7 heteroatoms. The van der Waals surface area contributed by atoms with Gasteiger partial charge in [0.2, 0.25) is 10.0 Å². The molecule has 1 aromatic heterocycles. The first-order valence-corrected chi connectivity index (χ1v) is 9.40. The van der Waals surface area contributed by atoms with Gasteiger partial charge in [0.1, 0.15) is 0 Å². The average Bonchev–Trinajstić information content (AvgIpc) is 3.11. The first kappa shape index (κ1) is 14.5. The van der Waals surface area contributed by atoms with Crippen molar-refractivity contribution in [2.45, 2.75) is 55.9 Å². The largest absolute Gasteiger partial charge is 0.373 e. The number of thiophene rings is 1. The minimum Gasteiger partial charge on any atom is -0.373 e. The van der Waals surface area contributed by atoms with Crippen molar-refractivity contribution in [3.05, 3.63) is 16.3 Å². The van der Waals surface area contributed by atoms with Crippen LogP contribution in [-0.4, -0.2) is 33.2 Å². The predicted molar refractivity (Wildman–Crippen MR) is 78.3 cm³/mol. The Morgan fingerprint density at radius 1 is 1.45 bits per heavy atom. The van der Waals surface area contributed by atoms with Crippen molar-refractivity contribution in [1.29, 1.82) is 0 Å². The first-order valence-electron chi connectivity index (χ1n) is 7.04. The molecule has 2 aliphatic rings. The molecule has 3 rings (SSSR count). The van der Waals surface area contributed by atoms with Crippen molar-refractivity contribution < 1.29 is 13.2 Å². The number of hydrogen-bond acceptors (Lipinski definition) is 5. The molecule has 0 amide bonds. The fourth-order valence-electron chi connectivity index (χ4n) is 2.87. The van der Waals surface area contributed by atoms with E-state index in [-0.39, 0.29) is 18.2 Å². The molecule has 2 fully saturated rings. The molecule has 0 saturated carbocycles. The normalized spacial score (nSPS) is 29.1. The summed E-state index contributed by atoms with van der Waals surface area (Å²) >= 11 is 1.48. The number of rotatable bonds is 6. The third kappa shape index (κ3) is 2.92. The van der Waals surface area contributed by atoms with Gasteiger partial charge in [-0.3, -0.25) is 0 Å². The zero-order valence-corrected chi connectivity index (χ0v) is 13.1. The molecular formula is C13H20N2O3S2. The zero-order chi connectivity index (χ0) is 14.2. The van der Waals surface area contributed by atoms with Gasteiger partial charge < -0.3 is 10.1 Å². The Morgan fingerprint density at radius 3 is 2.95 bits per heavy atom.